The quantitative estimate of drug-likeness (QED) is 0.326. The van der Waals surface area contributed by atoms with Gasteiger partial charge in [-0.15, -0.1) is 0 Å². The Balaban J connectivity index is 0.000000376. The van der Waals surface area contributed by atoms with Gasteiger partial charge in [-0.3, -0.25) is 4.55 Å². The highest BCUT2D eigenvalue weighted by Gasteiger charge is 2.16. The molecule has 0 amide bonds. The van der Waals surface area contributed by atoms with Crippen LogP contribution in [0.3, 0.4) is 0 Å². The minimum absolute atomic E-state index is 0.715. The number of pyridine rings is 1. The average molecular weight is 380 g/mol. The first kappa shape index (κ1) is 19.0. The predicted octanol–water partition coefficient (Wildman–Crippen LogP) is 3.91. The van der Waals surface area contributed by atoms with Gasteiger partial charge in [0.05, 0.1) is 17.0 Å². The maximum atomic E-state index is 9.19. The molecule has 0 fully saturated rings. The van der Waals surface area contributed by atoms with Crippen molar-refractivity contribution in [3.63, 3.8) is 0 Å². The first-order valence-electron chi connectivity index (χ1n) is 8.59. The summed E-state index contributed by atoms with van der Waals surface area (Å²) in [5, 5.41) is 2.68. The molecule has 0 spiro atoms. The van der Waals surface area contributed by atoms with Crippen LogP contribution in [0, 0.1) is 0 Å². The molecule has 0 saturated carbocycles. The number of aryl methyl sites for hydroxylation is 1. The zero-order valence-corrected chi connectivity index (χ0v) is 16.1. The number of para-hydroxylation sites is 2. The monoisotopic (exact) mass is 380 g/mol. The van der Waals surface area contributed by atoms with Crippen molar-refractivity contribution in [2.24, 2.45) is 7.05 Å². The van der Waals surface area contributed by atoms with E-state index in [0.717, 1.165) is 6.42 Å². The molecule has 3 aromatic carbocycles. The van der Waals surface area contributed by atoms with Gasteiger partial charge in [0.15, 0.2) is 0 Å². The summed E-state index contributed by atoms with van der Waals surface area (Å²) < 4.78 is 28.2. The molecular formula is C22H22NO3S+. The molecule has 0 aliphatic rings. The first-order chi connectivity index (χ1) is 12.8. The van der Waals surface area contributed by atoms with Gasteiger partial charge in [0.2, 0.25) is 11.0 Å². The van der Waals surface area contributed by atoms with E-state index >= 15 is 0 Å². The molecule has 1 heterocycles. The molecule has 0 radical (unpaired) electrons. The van der Waals surface area contributed by atoms with Gasteiger partial charge in [0.1, 0.15) is 7.05 Å². The van der Waals surface area contributed by atoms with Gasteiger partial charge in [-0.1, -0.05) is 54.6 Å². The Kier molecular flexibility index (Phi) is 5.54. The van der Waals surface area contributed by atoms with Gasteiger partial charge in [0.25, 0.3) is 10.1 Å². The third-order valence-electron chi connectivity index (χ3n) is 4.40. The zero-order valence-electron chi connectivity index (χ0n) is 15.3. The molecule has 0 unspecified atom stereocenters. The fourth-order valence-corrected chi connectivity index (χ4v) is 3.31. The molecule has 4 rings (SSSR count). The Morgan fingerprint density at radius 1 is 0.778 bits per heavy atom. The number of rotatable bonds is 2. The highest BCUT2D eigenvalue weighted by atomic mass is 32.2. The number of fused-ring (bicyclic) bond motifs is 2. The number of aromatic nitrogens is 1. The molecular weight excluding hydrogens is 358 g/mol. The van der Waals surface area contributed by atoms with Crippen molar-refractivity contribution in [1.82, 2.24) is 0 Å². The topological polar surface area (TPSA) is 58.3 Å². The summed E-state index contributed by atoms with van der Waals surface area (Å²) in [7, 11) is -1.52. The van der Waals surface area contributed by atoms with Crippen LogP contribution in [0.5, 0.6) is 0 Å². The second-order valence-electron chi connectivity index (χ2n) is 6.47. The second-order valence-corrected chi connectivity index (χ2v) is 7.93. The van der Waals surface area contributed by atoms with E-state index in [4.69, 9.17) is 4.55 Å². The van der Waals surface area contributed by atoms with E-state index in [1.54, 1.807) is 0 Å². The average Bonchev–Trinajstić information content (AvgIpc) is 2.65. The van der Waals surface area contributed by atoms with Crippen molar-refractivity contribution >= 4 is 31.9 Å². The Morgan fingerprint density at radius 2 is 1.19 bits per heavy atom. The molecule has 0 saturated heterocycles. The minimum atomic E-state index is -3.67. The van der Waals surface area contributed by atoms with E-state index < -0.39 is 10.1 Å². The molecule has 138 valence electrons. The molecule has 0 aliphatic carbocycles. The van der Waals surface area contributed by atoms with Crippen molar-refractivity contribution in [1.29, 1.82) is 0 Å². The Bertz CT molecular complexity index is 1120. The summed E-state index contributed by atoms with van der Waals surface area (Å²) >= 11 is 0. The van der Waals surface area contributed by atoms with Crippen LogP contribution in [0.2, 0.25) is 0 Å². The van der Waals surface area contributed by atoms with E-state index in [2.05, 4.69) is 90.5 Å². The lowest BCUT2D eigenvalue weighted by atomic mass is 9.96. The Morgan fingerprint density at radius 3 is 1.67 bits per heavy atom. The number of benzene rings is 3. The largest absolute Gasteiger partial charge is 0.286 e. The highest BCUT2D eigenvalue weighted by molar-refractivity contribution is 7.85. The van der Waals surface area contributed by atoms with Crippen LogP contribution in [0.1, 0.15) is 11.1 Å². The maximum Gasteiger partial charge on any atom is 0.261 e. The smallest absolute Gasteiger partial charge is 0.261 e. The summed E-state index contributed by atoms with van der Waals surface area (Å²) in [4.78, 5) is 0. The summed E-state index contributed by atoms with van der Waals surface area (Å²) in [6, 6.07) is 28.1. The normalized spacial score (nSPS) is 11.2. The van der Waals surface area contributed by atoms with Crippen LogP contribution >= 0.6 is 0 Å². The van der Waals surface area contributed by atoms with Crippen LogP contribution in [0.4, 0.5) is 0 Å². The lowest BCUT2D eigenvalue weighted by molar-refractivity contribution is -0.617. The molecule has 1 N–H and O–H groups in total. The van der Waals surface area contributed by atoms with Crippen LogP contribution in [0.25, 0.3) is 21.8 Å². The van der Waals surface area contributed by atoms with Crippen molar-refractivity contribution in [2.75, 3.05) is 6.26 Å². The number of hydrogen-bond donors (Lipinski definition) is 1. The molecule has 5 heteroatoms. The lowest BCUT2D eigenvalue weighted by Crippen LogP contribution is -2.30. The first-order valence-corrected chi connectivity index (χ1v) is 10.4. The SMILES string of the molecule is CS(=O)(=O)O.C[n+]1c2ccccc2c(Cc2ccccc2)c2ccccc21. The van der Waals surface area contributed by atoms with E-state index in [1.807, 2.05) is 0 Å². The standard InChI is InChI=1S/C21H18N.CH4O3S/c1-22-20-13-7-5-11-17(20)19(15-16-9-3-2-4-10-16)18-12-6-8-14-21(18)22;1-5(2,3)4/h2-14H,15H2,1H3;1H3,(H,2,3,4)/q+1;. The maximum absolute atomic E-state index is 9.19. The van der Waals surface area contributed by atoms with Crippen molar-refractivity contribution < 1.29 is 17.5 Å². The highest BCUT2D eigenvalue weighted by Crippen LogP contribution is 2.26. The van der Waals surface area contributed by atoms with Crippen molar-refractivity contribution in [2.45, 2.75) is 6.42 Å². The number of nitrogens with zero attached hydrogens (tertiary/aromatic N) is 1. The van der Waals surface area contributed by atoms with Crippen molar-refractivity contribution in [3.05, 3.63) is 90.0 Å². The third kappa shape index (κ3) is 4.70. The fourth-order valence-electron chi connectivity index (χ4n) is 3.31. The molecule has 1 aromatic heterocycles. The Hall–Kier alpha value is -2.76. The third-order valence-corrected chi connectivity index (χ3v) is 4.40. The van der Waals surface area contributed by atoms with Gasteiger partial charge in [-0.2, -0.15) is 13.0 Å². The molecule has 0 aliphatic heterocycles. The van der Waals surface area contributed by atoms with E-state index in [1.165, 1.54) is 32.9 Å². The minimum Gasteiger partial charge on any atom is -0.286 e. The lowest BCUT2D eigenvalue weighted by Gasteiger charge is -2.10. The van der Waals surface area contributed by atoms with Gasteiger partial charge in [-0.05, 0) is 29.7 Å². The van der Waals surface area contributed by atoms with Gasteiger partial charge in [0, 0.05) is 12.1 Å². The van der Waals surface area contributed by atoms with E-state index in [9.17, 15) is 8.42 Å². The predicted molar refractivity (Wildman–Crippen MR) is 109 cm³/mol. The van der Waals surface area contributed by atoms with Crippen molar-refractivity contribution in [3.8, 4) is 0 Å². The van der Waals surface area contributed by atoms with Gasteiger partial charge >= 0.3 is 0 Å². The molecule has 4 aromatic rings. The van der Waals surface area contributed by atoms with E-state index in [0.29, 0.717) is 6.26 Å². The van der Waals surface area contributed by atoms with Crippen LogP contribution < -0.4 is 4.57 Å². The Labute approximate surface area is 159 Å². The van der Waals surface area contributed by atoms with Crippen LogP contribution in [-0.2, 0) is 23.6 Å². The molecule has 4 nitrogen and oxygen atoms in total. The summed E-state index contributed by atoms with van der Waals surface area (Å²) in [5.41, 5.74) is 5.33. The second kappa shape index (κ2) is 7.86. The van der Waals surface area contributed by atoms with E-state index in [-0.39, 0.29) is 0 Å². The summed E-state index contributed by atoms with van der Waals surface area (Å²) in [6.07, 6.45) is 1.68. The summed E-state index contributed by atoms with van der Waals surface area (Å²) in [5.74, 6) is 0. The molecule has 0 atom stereocenters. The van der Waals surface area contributed by atoms with Gasteiger partial charge in [-0.25, -0.2) is 0 Å². The van der Waals surface area contributed by atoms with Gasteiger partial charge < -0.3 is 0 Å². The molecule has 0 bridgehead atoms. The number of hydrogen-bond acceptors (Lipinski definition) is 2. The van der Waals surface area contributed by atoms with Crippen LogP contribution in [-0.4, -0.2) is 19.2 Å². The molecule has 27 heavy (non-hydrogen) atoms. The summed E-state index contributed by atoms with van der Waals surface area (Å²) in [6.45, 7) is 0. The fraction of sp³-hybridized carbons (Fsp3) is 0.136. The van der Waals surface area contributed by atoms with Crippen LogP contribution in [0.15, 0.2) is 78.9 Å². The zero-order chi connectivity index (χ0) is 19.4.